The third-order valence-electron chi connectivity index (χ3n) is 1.42. The van der Waals surface area contributed by atoms with Crippen molar-refractivity contribution >= 4 is 11.3 Å². The Balaban J connectivity index is 0.000000461. The van der Waals surface area contributed by atoms with E-state index in [9.17, 15) is 4.21 Å². The van der Waals surface area contributed by atoms with E-state index in [-0.39, 0.29) is 0 Å². The Kier molecular flexibility index (Phi) is 6.80. The fourth-order valence-electron chi connectivity index (χ4n) is 0.943. The summed E-state index contributed by atoms with van der Waals surface area (Å²) in [6.45, 7) is 5.83. The second kappa shape index (κ2) is 6.76. The second-order valence-electron chi connectivity index (χ2n) is 2.02. The summed E-state index contributed by atoms with van der Waals surface area (Å²) in [5, 5.41) is 0. The molecule has 1 rings (SSSR count). The standard InChI is InChI=1S/C5H11NO2S.C2H6/c1-8-9(7)6-4-2-3-5-6;1-2/h2-5H2,1H3;1-2H3. The largest absolute Gasteiger partial charge is 0.281 e. The van der Waals surface area contributed by atoms with Crippen molar-refractivity contribution in [2.45, 2.75) is 26.7 Å². The topological polar surface area (TPSA) is 29.5 Å². The van der Waals surface area contributed by atoms with Gasteiger partial charge in [0.05, 0.1) is 7.11 Å². The molecule has 0 aromatic heterocycles. The Morgan fingerprint density at radius 2 is 1.73 bits per heavy atom. The molecule has 0 spiro atoms. The Bertz CT molecular complexity index is 113. The first kappa shape index (κ1) is 11.1. The van der Waals surface area contributed by atoms with Gasteiger partial charge < -0.3 is 0 Å². The van der Waals surface area contributed by atoms with Gasteiger partial charge in [-0.2, -0.15) is 0 Å². The highest BCUT2D eigenvalue weighted by atomic mass is 32.2. The fraction of sp³-hybridized carbons (Fsp3) is 1.00. The lowest BCUT2D eigenvalue weighted by molar-refractivity contribution is 0.386. The van der Waals surface area contributed by atoms with Gasteiger partial charge in [0.1, 0.15) is 0 Å². The van der Waals surface area contributed by atoms with Crippen LogP contribution < -0.4 is 0 Å². The first-order valence-electron chi connectivity index (χ1n) is 4.06. The molecule has 1 fully saturated rings. The molecular weight excluding hydrogens is 162 g/mol. The molecule has 1 aliphatic heterocycles. The molecule has 0 radical (unpaired) electrons. The summed E-state index contributed by atoms with van der Waals surface area (Å²) in [4.78, 5) is 0. The summed E-state index contributed by atoms with van der Waals surface area (Å²) >= 11 is -1.17. The third-order valence-corrected chi connectivity index (χ3v) is 2.49. The van der Waals surface area contributed by atoms with Gasteiger partial charge in [-0.05, 0) is 12.8 Å². The number of hydrogen-bond acceptors (Lipinski definition) is 2. The van der Waals surface area contributed by atoms with Gasteiger partial charge >= 0.3 is 0 Å². The fourth-order valence-corrected chi connectivity index (χ4v) is 1.71. The van der Waals surface area contributed by atoms with E-state index < -0.39 is 11.3 Å². The van der Waals surface area contributed by atoms with Crippen LogP contribution in [0.3, 0.4) is 0 Å². The molecule has 1 heterocycles. The first-order chi connectivity index (χ1) is 5.34. The smallest absolute Gasteiger partial charge is 0.236 e. The monoisotopic (exact) mass is 179 g/mol. The van der Waals surface area contributed by atoms with E-state index in [4.69, 9.17) is 0 Å². The highest BCUT2D eigenvalue weighted by molar-refractivity contribution is 7.77. The predicted molar refractivity (Wildman–Crippen MR) is 47.3 cm³/mol. The zero-order valence-electron chi connectivity index (χ0n) is 7.50. The number of rotatable bonds is 2. The summed E-state index contributed by atoms with van der Waals surface area (Å²) in [6.07, 6.45) is 2.30. The SMILES string of the molecule is CC.COS(=O)N1CCCC1. The van der Waals surface area contributed by atoms with Crippen molar-refractivity contribution in [3.05, 3.63) is 0 Å². The normalized spacial score (nSPS) is 20.6. The van der Waals surface area contributed by atoms with E-state index >= 15 is 0 Å². The summed E-state index contributed by atoms with van der Waals surface area (Å²) < 4.78 is 17.3. The molecule has 11 heavy (non-hydrogen) atoms. The lowest BCUT2D eigenvalue weighted by Crippen LogP contribution is -2.22. The van der Waals surface area contributed by atoms with Crippen molar-refractivity contribution in [1.82, 2.24) is 4.31 Å². The third kappa shape index (κ3) is 3.84. The quantitative estimate of drug-likeness (QED) is 0.640. The van der Waals surface area contributed by atoms with Crippen molar-refractivity contribution in [3.63, 3.8) is 0 Å². The van der Waals surface area contributed by atoms with Crippen LogP contribution in [0.25, 0.3) is 0 Å². The van der Waals surface area contributed by atoms with Crippen LogP contribution >= 0.6 is 0 Å². The molecule has 1 saturated heterocycles. The minimum atomic E-state index is -1.17. The zero-order chi connectivity index (χ0) is 8.69. The van der Waals surface area contributed by atoms with Gasteiger partial charge in [-0.3, -0.25) is 4.18 Å². The Morgan fingerprint density at radius 3 is 2.09 bits per heavy atom. The van der Waals surface area contributed by atoms with Gasteiger partial charge in [-0.15, -0.1) is 0 Å². The molecule has 4 heteroatoms. The van der Waals surface area contributed by atoms with E-state index in [1.807, 2.05) is 18.2 Å². The van der Waals surface area contributed by atoms with Crippen LogP contribution in [-0.2, 0) is 15.4 Å². The lowest BCUT2D eigenvalue weighted by atomic mass is 10.4. The van der Waals surface area contributed by atoms with Gasteiger partial charge in [0.25, 0.3) is 0 Å². The molecule has 0 bridgehead atoms. The molecule has 68 valence electrons. The van der Waals surface area contributed by atoms with Gasteiger partial charge in [0, 0.05) is 13.1 Å². The molecule has 0 saturated carbocycles. The van der Waals surface area contributed by atoms with Crippen LogP contribution in [0.15, 0.2) is 0 Å². The van der Waals surface area contributed by atoms with Crippen molar-refractivity contribution in [1.29, 1.82) is 0 Å². The molecule has 1 atom stereocenters. The van der Waals surface area contributed by atoms with Crippen LogP contribution in [0.4, 0.5) is 0 Å². The van der Waals surface area contributed by atoms with E-state index in [1.54, 1.807) is 0 Å². The summed E-state index contributed by atoms with van der Waals surface area (Å²) in [7, 11) is 1.47. The Morgan fingerprint density at radius 1 is 1.27 bits per heavy atom. The molecule has 1 unspecified atom stereocenters. The maximum atomic E-state index is 10.8. The average Bonchev–Trinajstić information content (AvgIpc) is 2.59. The van der Waals surface area contributed by atoms with Gasteiger partial charge in [0.2, 0.25) is 11.3 Å². The van der Waals surface area contributed by atoms with E-state index in [0.29, 0.717) is 0 Å². The first-order valence-corrected chi connectivity index (χ1v) is 5.09. The zero-order valence-corrected chi connectivity index (χ0v) is 8.32. The van der Waals surface area contributed by atoms with Crippen molar-refractivity contribution < 1.29 is 8.39 Å². The molecule has 3 nitrogen and oxygen atoms in total. The number of hydrogen-bond donors (Lipinski definition) is 0. The van der Waals surface area contributed by atoms with Crippen LogP contribution in [-0.4, -0.2) is 28.7 Å². The summed E-state index contributed by atoms with van der Waals surface area (Å²) in [5.41, 5.74) is 0. The maximum Gasteiger partial charge on any atom is 0.236 e. The summed E-state index contributed by atoms with van der Waals surface area (Å²) in [6, 6.07) is 0. The van der Waals surface area contributed by atoms with Crippen molar-refractivity contribution in [2.75, 3.05) is 20.2 Å². The highest BCUT2D eigenvalue weighted by Gasteiger charge is 2.16. The van der Waals surface area contributed by atoms with Gasteiger partial charge in [-0.25, -0.2) is 8.51 Å². The van der Waals surface area contributed by atoms with Crippen LogP contribution in [0.1, 0.15) is 26.7 Å². The van der Waals surface area contributed by atoms with Gasteiger partial charge in [-0.1, -0.05) is 13.8 Å². The van der Waals surface area contributed by atoms with E-state index in [0.717, 1.165) is 25.9 Å². The Labute approximate surface area is 71.5 Å². The molecule has 0 aliphatic carbocycles. The highest BCUT2D eigenvalue weighted by Crippen LogP contribution is 2.09. The van der Waals surface area contributed by atoms with Crippen LogP contribution in [0.2, 0.25) is 0 Å². The van der Waals surface area contributed by atoms with Crippen molar-refractivity contribution in [2.24, 2.45) is 0 Å². The number of nitrogens with zero attached hydrogens (tertiary/aromatic N) is 1. The minimum Gasteiger partial charge on any atom is -0.281 e. The van der Waals surface area contributed by atoms with Crippen LogP contribution in [0, 0.1) is 0 Å². The maximum absolute atomic E-state index is 10.8. The molecule has 0 N–H and O–H groups in total. The van der Waals surface area contributed by atoms with E-state index in [1.165, 1.54) is 7.11 Å². The van der Waals surface area contributed by atoms with E-state index in [2.05, 4.69) is 4.18 Å². The minimum absolute atomic E-state index is 0.917. The molecular formula is C7H17NO2S. The van der Waals surface area contributed by atoms with Gasteiger partial charge in [0.15, 0.2) is 0 Å². The molecule has 1 aliphatic rings. The predicted octanol–water partition coefficient (Wildman–Crippen LogP) is 1.33. The molecule has 0 aromatic carbocycles. The van der Waals surface area contributed by atoms with Crippen molar-refractivity contribution in [3.8, 4) is 0 Å². The molecule has 0 amide bonds. The Hall–Kier alpha value is 0.0700. The van der Waals surface area contributed by atoms with Crippen LogP contribution in [0.5, 0.6) is 0 Å². The summed E-state index contributed by atoms with van der Waals surface area (Å²) in [5.74, 6) is 0. The average molecular weight is 179 g/mol. The second-order valence-corrected chi connectivity index (χ2v) is 3.30. The lowest BCUT2D eigenvalue weighted by Gasteiger charge is -2.09. The molecule has 0 aromatic rings.